The van der Waals surface area contributed by atoms with E-state index in [1.807, 2.05) is 55.5 Å². The molecular formula is C23H26N2O3. The number of fused-ring (bicyclic) bond motifs is 1. The standard InChI is InChI=1S/C23H26N2O3/c1-16-21(27-19-10-12-25(2)13-11-19)9-8-18-14-20(23(26)28-22(16)18)24-15-17-6-4-3-5-7-17/h3-9,14,19,24H,10-13,15H2,1-2H3. The molecule has 0 bridgehead atoms. The second kappa shape index (κ2) is 8.07. The summed E-state index contributed by atoms with van der Waals surface area (Å²) in [6.45, 7) is 4.62. The summed E-state index contributed by atoms with van der Waals surface area (Å²) >= 11 is 0. The normalized spacial score (nSPS) is 15.6. The van der Waals surface area contributed by atoms with E-state index in [0.717, 1.165) is 48.2 Å². The third-order valence-electron chi connectivity index (χ3n) is 5.39. The lowest BCUT2D eigenvalue weighted by Gasteiger charge is -2.29. The summed E-state index contributed by atoms with van der Waals surface area (Å²) in [6, 6.07) is 15.8. The van der Waals surface area contributed by atoms with E-state index < -0.39 is 0 Å². The van der Waals surface area contributed by atoms with E-state index in [2.05, 4.69) is 17.3 Å². The summed E-state index contributed by atoms with van der Waals surface area (Å²) in [7, 11) is 2.13. The largest absolute Gasteiger partial charge is 0.490 e. The Hall–Kier alpha value is -2.79. The molecule has 0 aliphatic carbocycles. The van der Waals surface area contributed by atoms with Gasteiger partial charge in [0.25, 0.3) is 0 Å². The minimum absolute atomic E-state index is 0.214. The Morgan fingerprint density at radius 2 is 1.89 bits per heavy atom. The Morgan fingerprint density at radius 3 is 2.64 bits per heavy atom. The number of ether oxygens (including phenoxy) is 1. The van der Waals surface area contributed by atoms with Gasteiger partial charge in [0.15, 0.2) is 0 Å². The van der Waals surface area contributed by atoms with Crippen molar-refractivity contribution in [2.24, 2.45) is 0 Å². The van der Waals surface area contributed by atoms with Crippen molar-refractivity contribution < 1.29 is 9.15 Å². The summed E-state index contributed by atoms with van der Waals surface area (Å²) < 4.78 is 11.9. The molecule has 5 nitrogen and oxygen atoms in total. The zero-order valence-corrected chi connectivity index (χ0v) is 16.4. The van der Waals surface area contributed by atoms with Crippen LogP contribution in [0.1, 0.15) is 24.0 Å². The maximum absolute atomic E-state index is 12.5. The number of nitrogens with zero attached hydrogens (tertiary/aromatic N) is 1. The summed E-state index contributed by atoms with van der Waals surface area (Å²) in [5.74, 6) is 0.801. The Morgan fingerprint density at radius 1 is 1.14 bits per heavy atom. The maximum Gasteiger partial charge on any atom is 0.359 e. The van der Waals surface area contributed by atoms with Crippen LogP contribution in [0.5, 0.6) is 5.75 Å². The maximum atomic E-state index is 12.5. The number of likely N-dealkylation sites (tertiary alicyclic amines) is 1. The van der Waals surface area contributed by atoms with Crippen LogP contribution in [0.15, 0.2) is 57.7 Å². The summed E-state index contributed by atoms with van der Waals surface area (Å²) in [5, 5.41) is 4.08. The molecule has 1 aromatic heterocycles. The van der Waals surface area contributed by atoms with E-state index in [1.165, 1.54) is 0 Å². The number of hydrogen-bond acceptors (Lipinski definition) is 5. The predicted molar refractivity (Wildman–Crippen MR) is 112 cm³/mol. The molecule has 146 valence electrons. The van der Waals surface area contributed by atoms with Crippen LogP contribution in [0.4, 0.5) is 5.69 Å². The lowest BCUT2D eigenvalue weighted by Crippen LogP contribution is -2.35. The van der Waals surface area contributed by atoms with Crippen molar-refractivity contribution in [3.8, 4) is 5.75 Å². The Balaban J connectivity index is 1.54. The number of nitrogens with one attached hydrogen (secondary N) is 1. The van der Waals surface area contributed by atoms with Crippen molar-refractivity contribution >= 4 is 16.7 Å². The first kappa shape index (κ1) is 18.6. The Bertz CT molecular complexity index is 1010. The average molecular weight is 378 g/mol. The first-order chi connectivity index (χ1) is 13.6. The van der Waals surface area contributed by atoms with E-state index in [4.69, 9.17) is 9.15 Å². The van der Waals surface area contributed by atoms with Gasteiger partial charge in [-0.3, -0.25) is 0 Å². The van der Waals surface area contributed by atoms with Gasteiger partial charge in [-0.1, -0.05) is 30.3 Å². The highest BCUT2D eigenvalue weighted by molar-refractivity contribution is 5.84. The first-order valence-corrected chi connectivity index (χ1v) is 9.80. The van der Waals surface area contributed by atoms with Gasteiger partial charge in [0.05, 0.1) is 0 Å². The van der Waals surface area contributed by atoms with E-state index >= 15 is 0 Å². The summed E-state index contributed by atoms with van der Waals surface area (Å²) in [5.41, 5.74) is 2.70. The molecule has 4 rings (SSSR count). The number of aryl methyl sites for hydroxylation is 1. The van der Waals surface area contributed by atoms with E-state index in [-0.39, 0.29) is 11.7 Å². The summed E-state index contributed by atoms with van der Waals surface area (Å²) in [4.78, 5) is 14.8. The molecule has 0 atom stereocenters. The lowest BCUT2D eigenvalue weighted by molar-refractivity contribution is 0.113. The number of rotatable bonds is 5. The molecule has 1 aliphatic heterocycles. The molecule has 2 heterocycles. The van der Waals surface area contributed by atoms with Crippen LogP contribution in [0.2, 0.25) is 0 Å². The topological polar surface area (TPSA) is 54.7 Å². The second-order valence-corrected chi connectivity index (χ2v) is 7.51. The quantitative estimate of drug-likeness (QED) is 0.675. The molecule has 1 N–H and O–H groups in total. The minimum Gasteiger partial charge on any atom is -0.490 e. The number of anilines is 1. The van der Waals surface area contributed by atoms with Crippen LogP contribution in [0.3, 0.4) is 0 Å². The number of piperidine rings is 1. The molecule has 5 heteroatoms. The number of benzene rings is 2. The highest BCUT2D eigenvalue weighted by Gasteiger charge is 2.20. The van der Waals surface area contributed by atoms with Crippen molar-refractivity contribution in [3.05, 3.63) is 70.1 Å². The fourth-order valence-electron chi connectivity index (χ4n) is 3.63. The van der Waals surface area contributed by atoms with Gasteiger partial charge >= 0.3 is 5.63 Å². The Labute approximate surface area is 164 Å². The van der Waals surface area contributed by atoms with Crippen LogP contribution in [-0.2, 0) is 6.54 Å². The van der Waals surface area contributed by atoms with Gasteiger partial charge in [-0.05, 0) is 50.6 Å². The second-order valence-electron chi connectivity index (χ2n) is 7.51. The van der Waals surface area contributed by atoms with Gasteiger partial charge in [-0.15, -0.1) is 0 Å². The van der Waals surface area contributed by atoms with Crippen molar-refractivity contribution in [3.63, 3.8) is 0 Å². The van der Waals surface area contributed by atoms with Gasteiger partial charge < -0.3 is 19.4 Å². The molecule has 1 fully saturated rings. The molecule has 0 saturated carbocycles. The lowest BCUT2D eigenvalue weighted by atomic mass is 10.1. The van der Waals surface area contributed by atoms with Gasteiger partial charge in [0.2, 0.25) is 0 Å². The van der Waals surface area contributed by atoms with Crippen molar-refractivity contribution in [1.29, 1.82) is 0 Å². The smallest absolute Gasteiger partial charge is 0.359 e. The van der Waals surface area contributed by atoms with E-state index in [0.29, 0.717) is 17.8 Å². The van der Waals surface area contributed by atoms with Crippen LogP contribution in [-0.4, -0.2) is 31.1 Å². The van der Waals surface area contributed by atoms with Crippen molar-refractivity contribution in [1.82, 2.24) is 4.90 Å². The Kier molecular flexibility index (Phi) is 5.35. The zero-order valence-electron chi connectivity index (χ0n) is 16.4. The third kappa shape index (κ3) is 4.04. The van der Waals surface area contributed by atoms with Crippen LogP contribution < -0.4 is 15.7 Å². The number of hydrogen-bond donors (Lipinski definition) is 1. The molecule has 1 aliphatic rings. The SMILES string of the molecule is Cc1c(OC2CCN(C)CC2)ccc2cc(NCc3ccccc3)c(=O)oc12. The molecule has 28 heavy (non-hydrogen) atoms. The molecule has 0 spiro atoms. The molecule has 1 saturated heterocycles. The first-order valence-electron chi connectivity index (χ1n) is 9.80. The fourth-order valence-corrected chi connectivity index (χ4v) is 3.63. The minimum atomic E-state index is -0.358. The van der Waals surface area contributed by atoms with Gasteiger partial charge in [-0.25, -0.2) is 4.79 Å². The molecule has 0 amide bonds. The fraction of sp³-hybridized carbons (Fsp3) is 0.348. The summed E-state index contributed by atoms with van der Waals surface area (Å²) in [6.07, 6.45) is 2.24. The molecule has 0 radical (unpaired) electrons. The van der Waals surface area contributed by atoms with E-state index in [1.54, 1.807) is 0 Å². The highest BCUT2D eigenvalue weighted by Crippen LogP contribution is 2.29. The molecule has 0 unspecified atom stereocenters. The molecule has 2 aromatic carbocycles. The third-order valence-corrected chi connectivity index (χ3v) is 5.39. The molecule has 3 aromatic rings. The van der Waals surface area contributed by atoms with Crippen LogP contribution in [0.25, 0.3) is 11.0 Å². The molecular weight excluding hydrogens is 352 g/mol. The van der Waals surface area contributed by atoms with Crippen LogP contribution >= 0.6 is 0 Å². The van der Waals surface area contributed by atoms with Crippen molar-refractivity contribution in [2.75, 3.05) is 25.5 Å². The highest BCUT2D eigenvalue weighted by atomic mass is 16.5. The van der Waals surface area contributed by atoms with Crippen molar-refractivity contribution in [2.45, 2.75) is 32.4 Å². The van der Waals surface area contributed by atoms with Crippen LogP contribution in [0, 0.1) is 6.92 Å². The van der Waals surface area contributed by atoms with Gasteiger partial charge in [-0.2, -0.15) is 0 Å². The van der Waals surface area contributed by atoms with Gasteiger partial charge in [0, 0.05) is 30.6 Å². The zero-order chi connectivity index (χ0) is 19.5. The predicted octanol–water partition coefficient (Wildman–Crippen LogP) is 4.19. The average Bonchev–Trinajstić information content (AvgIpc) is 2.71. The monoisotopic (exact) mass is 378 g/mol. The van der Waals surface area contributed by atoms with Gasteiger partial charge in [0.1, 0.15) is 23.1 Å². The van der Waals surface area contributed by atoms with E-state index in [9.17, 15) is 4.79 Å².